The quantitative estimate of drug-likeness (QED) is 0.360. The highest BCUT2D eigenvalue weighted by Crippen LogP contribution is 2.06. The molecule has 0 spiro atoms. The lowest BCUT2D eigenvalue weighted by molar-refractivity contribution is 0.194. The molecule has 0 aromatic rings. The van der Waals surface area contributed by atoms with Crippen molar-refractivity contribution < 1.29 is 4.74 Å². The minimum absolute atomic E-state index is 0.654. The summed E-state index contributed by atoms with van der Waals surface area (Å²) in [6, 6.07) is 0. The number of ether oxygens (including phenoxy) is 1. The monoisotopic (exact) mass is 210 g/mol. The van der Waals surface area contributed by atoms with E-state index >= 15 is 0 Å². The fourth-order valence-electron chi connectivity index (χ4n) is 1.45. The molecular formula is C14H26O. The van der Waals surface area contributed by atoms with Gasteiger partial charge in [0.15, 0.2) is 0 Å². The maximum Gasteiger partial charge on any atom is 0.0651 e. The van der Waals surface area contributed by atoms with Gasteiger partial charge < -0.3 is 4.74 Å². The number of allylic oxidation sites excluding steroid dienone is 1. The van der Waals surface area contributed by atoms with Crippen LogP contribution >= 0.6 is 0 Å². The summed E-state index contributed by atoms with van der Waals surface area (Å²) in [5.74, 6) is 0. The van der Waals surface area contributed by atoms with Crippen molar-refractivity contribution in [3.63, 3.8) is 0 Å². The van der Waals surface area contributed by atoms with Gasteiger partial charge in [0.1, 0.15) is 0 Å². The van der Waals surface area contributed by atoms with Crippen molar-refractivity contribution >= 4 is 0 Å². The molecule has 0 heterocycles. The highest BCUT2D eigenvalue weighted by atomic mass is 16.5. The summed E-state index contributed by atoms with van der Waals surface area (Å²) >= 11 is 0. The Bertz CT molecular complexity index is 149. The van der Waals surface area contributed by atoms with Crippen LogP contribution in [0.4, 0.5) is 0 Å². The Morgan fingerprint density at radius 1 is 0.933 bits per heavy atom. The average Bonchev–Trinajstić information content (AvgIpc) is 2.26. The molecular weight excluding hydrogens is 184 g/mol. The van der Waals surface area contributed by atoms with Crippen LogP contribution in [0.5, 0.6) is 0 Å². The van der Waals surface area contributed by atoms with Gasteiger partial charge in [0.25, 0.3) is 0 Å². The molecule has 88 valence electrons. The molecule has 1 nitrogen and oxygen atoms in total. The zero-order valence-electron chi connectivity index (χ0n) is 10.2. The number of hydrogen-bond acceptors (Lipinski definition) is 1. The van der Waals surface area contributed by atoms with Crippen LogP contribution in [0.3, 0.4) is 0 Å². The smallest absolute Gasteiger partial charge is 0.0651 e. The first-order chi connectivity index (χ1) is 7.41. The maximum atomic E-state index is 5.24. The molecule has 0 saturated carbocycles. The standard InChI is InChI=1S/C14H26O/c1-3-5-6-7-8-9-10-11-12-14-15-13-4-2/h4,11-12H,2-3,5-10,13-14H2,1H3/b12-11+. The molecule has 0 fully saturated rings. The van der Waals surface area contributed by atoms with Crippen LogP contribution in [0.2, 0.25) is 0 Å². The third-order valence-electron chi connectivity index (χ3n) is 2.34. The molecule has 0 rings (SSSR count). The molecule has 0 N–H and O–H groups in total. The highest BCUT2D eigenvalue weighted by molar-refractivity contribution is 4.81. The summed E-state index contributed by atoms with van der Waals surface area (Å²) in [6.07, 6.45) is 15.5. The highest BCUT2D eigenvalue weighted by Gasteiger charge is 1.87. The number of hydrogen-bond donors (Lipinski definition) is 0. The topological polar surface area (TPSA) is 9.23 Å². The molecule has 0 aliphatic heterocycles. The van der Waals surface area contributed by atoms with Gasteiger partial charge in [-0.1, -0.05) is 57.3 Å². The van der Waals surface area contributed by atoms with Crippen LogP contribution in [0.1, 0.15) is 51.9 Å². The second-order valence-corrected chi connectivity index (χ2v) is 3.85. The molecule has 0 unspecified atom stereocenters. The van der Waals surface area contributed by atoms with E-state index < -0.39 is 0 Å². The van der Waals surface area contributed by atoms with Crippen LogP contribution in [-0.2, 0) is 4.74 Å². The lowest BCUT2D eigenvalue weighted by Crippen LogP contribution is -1.89. The van der Waals surface area contributed by atoms with Crippen molar-refractivity contribution in [3.8, 4) is 0 Å². The maximum absolute atomic E-state index is 5.24. The molecule has 1 heteroatoms. The Kier molecular flexibility index (Phi) is 12.9. The fourth-order valence-corrected chi connectivity index (χ4v) is 1.45. The van der Waals surface area contributed by atoms with Gasteiger partial charge in [0.2, 0.25) is 0 Å². The van der Waals surface area contributed by atoms with Crippen LogP contribution < -0.4 is 0 Å². The van der Waals surface area contributed by atoms with E-state index in [1.54, 1.807) is 6.08 Å². The summed E-state index contributed by atoms with van der Waals surface area (Å²) in [5.41, 5.74) is 0. The van der Waals surface area contributed by atoms with Gasteiger partial charge >= 0.3 is 0 Å². The minimum Gasteiger partial charge on any atom is -0.373 e. The van der Waals surface area contributed by atoms with Gasteiger partial charge in [-0.05, 0) is 12.8 Å². The first-order valence-corrected chi connectivity index (χ1v) is 6.25. The van der Waals surface area contributed by atoms with Gasteiger partial charge in [-0.3, -0.25) is 0 Å². The Labute approximate surface area is 95.2 Å². The molecule has 0 aliphatic rings. The van der Waals surface area contributed by atoms with Crippen LogP contribution in [0.15, 0.2) is 24.8 Å². The normalized spacial score (nSPS) is 11.0. The van der Waals surface area contributed by atoms with Crippen molar-refractivity contribution in [1.82, 2.24) is 0 Å². The van der Waals surface area contributed by atoms with Gasteiger partial charge in [-0.2, -0.15) is 0 Å². The van der Waals surface area contributed by atoms with E-state index in [9.17, 15) is 0 Å². The third kappa shape index (κ3) is 13.4. The van der Waals surface area contributed by atoms with E-state index in [0.29, 0.717) is 6.61 Å². The zero-order valence-corrected chi connectivity index (χ0v) is 10.2. The predicted octanol–water partition coefficient (Wildman–Crippen LogP) is 4.50. The SMILES string of the molecule is C=CCOC/C=C/CCCCCCCC. The van der Waals surface area contributed by atoms with Gasteiger partial charge in [0.05, 0.1) is 13.2 Å². The largest absolute Gasteiger partial charge is 0.373 e. The van der Waals surface area contributed by atoms with E-state index in [1.807, 2.05) is 0 Å². The molecule has 0 bridgehead atoms. The number of rotatable bonds is 11. The molecule has 0 aromatic heterocycles. The second kappa shape index (κ2) is 13.4. The van der Waals surface area contributed by atoms with Gasteiger partial charge in [-0.25, -0.2) is 0 Å². The molecule has 0 aliphatic carbocycles. The predicted molar refractivity (Wildman–Crippen MR) is 68.1 cm³/mol. The van der Waals surface area contributed by atoms with E-state index in [-0.39, 0.29) is 0 Å². The Balaban J connectivity index is 2.99. The van der Waals surface area contributed by atoms with Crippen molar-refractivity contribution in [2.45, 2.75) is 51.9 Å². The van der Waals surface area contributed by atoms with E-state index in [2.05, 4.69) is 25.7 Å². The lowest BCUT2D eigenvalue weighted by Gasteiger charge is -1.98. The van der Waals surface area contributed by atoms with Crippen LogP contribution in [-0.4, -0.2) is 13.2 Å². The van der Waals surface area contributed by atoms with Gasteiger partial charge in [-0.15, -0.1) is 6.58 Å². The van der Waals surface area contributed by atoms with Crippen molar-refractivity contribution in [2.75, 3.05) is 13.2 Å². The first kappa shape index (κ1) is 14.4. The average molecular weight is 210 g/mol. The summed E-state index contributed by atoms with van der Waals surface area (Å²) in [6.45, 7) is 7.23. The molecule has 0 aromatic carbocycles. The Morgan fingerprint density at radius 3 is 2.40 bits per heavy atom. The second-order valence-electron chi connectivity index (χ2n) is 3.85. The Hall–Kier alpha value is -0.560. The summed E-state index contributed by atoms with van der Waals surface area (Å²) in [4.78, 5) is 0. The summed E-state index contributed by atoms with van der Waals surface area (Å²) in [5, 5.41) is 0. The molecule has 0 radical (unpaired) electrons. The van der Waals surface area contributed by atoms with Crippen molar-refractivity contribution in [3.05, 3.63) is 24.8 Å². The first-order valence-electron chi connectivity index (χ1n) is 6.25. The fraction of sp³-hybridized carbons (Fsp3) is 0.714. The van der Waals surface area contributed by atoms with Crippen LogP contribution in [0, 0.1) is 0 Å². The van der Waals surface area contributed by atoms with Gasteiger partial charge in [0, 0.05) is 0 Å². The molecule has 0 amide bonds. The molecule has 0 saturated heterocycles. The van der Waals surface area contributed by atoms with Crippen LogP contribution in [0.25, 0.3) is 0 Å². The van der Waals surface area contributed by atoms with E-state index in [1.165, 1.54) is 44.9 Å². The van der Waals surface area contributed by atoms with E-state index in [4.69, 9.17) is 4.74 Å². The van der Waals surface area contributed by atoms with Crippen molar-refractivity contribution in [2.24, 2.45) is 0 Å². The summed E-state index contributed by atoms with van der Waals surface area (Å²) < 4.78 is 5.24. The Morgan fingerprint density at radius 2 is 1.67 bits per heavy atom. The number of unbranched alkanes of at least 4 members (excludes halogenated alkanes) is 6. The third-order valence-corrected chi connectivity index (χ3v) is 2.34. The minimum atomic E-state index is 0.654. The zero-order chi connectivity index (χ0) is 11.2. The van der Waals surface area contributed by atoms with E-state index in [0.717, 1.165) is 6.61 Å². The summed E-state index contributed by atoms with van der Waals surface area (Å²) in [7, 11) is 0. The lowest BCUT2D eigenvalue weighted by atomic mass is 10.1. The van der Waals surface area contributed by atoms with Crippen molar-refractivity contribution in [1.29, 1.82) is 0 Å². The molecule has 15 heavy (non-hydrogen) atoms. The molecule has 0 atom stereocenters.